The number of unbranched alkanes of at least 4 members (excludes halogenated alkanes) is 1. The van der Waals surface area contributed by atoms with E-state index in [1.807, 2.05) is 0 Å². The Kier molecular flexibility index (Phi) is 5.00. The second-order valence-corrected chi connectivity index (χ2v) is 5.04. The second-order valence-electron chi connectivity index (χ2n) is 3.85. The normalized spacial score (nSPS) is 32.9. The Labute approximate surface area is 87.1 Å². The van der Waals surface area contributed by atoms with Crippen molar-refractivity contribution in [2.24, 2.45) is 5.41 Å². The van der Waals surface area contributed by atoms with E-state index in [0.717, 1.165) is 25.5 Å². The second kappa shape index (κ2) is 5.79. The Morgan fingerprint density at radius 1 is 1.50 bits per heavy atom. The van der Waals surface area contributed by atoms with Crippen molar-refractivity contribution in [3.05, 3.63) is 6.66 Å². The van der Waals surface area contributed by atoms with Gasteiger partial charge in [-0.25, -0.2) is 0 Å². The van der Waals surface area contributed by atoms with Crippen LogP contribution in [-0.4, -0.2) is 19.5 Å². The third kappa shape index (κ3) is 3.30. The summed E-state index contributed by atoms with van der Waals surface area (Å²) in [4.78, 5) is 10.6. The van der Waals surface area contributed by atoms with Crippen molar-refractivity contribution in [2.75, 3.05) is 13.2 Å². The zero-order valence-corrected chi connectivity index (χ0v) is 9.59. The minimum absolute atomic E-state index is 0.0751. The van der Waals surface area contributed by atoms with E-state index in [4.69, 9.17) is 9.05 Å². The zero-order valence-electron chi connectivity index (χ0n) is 8.70. The Balaban J connectivity index is 2.48. The molecule has 14 heavy (non-hydrogen) atoms. The first kappa shape index (κ1) is 12.1. The van der Waals surface area contributed by atoms with Crippen LogP contribution in [0.25, 0.3) is 0 Å². The summed E-state index contributed by atoms with van der Waals surface area (Å²) >= 11 is 0. The molecule has 1 saturated heterocycles. The van der Waals surface area contributed by atoms with Gasteiger partial charge >= 0.3 is 0 Å². The van der Waals surface area contributed by atoms with E-state index >= 15 is 0 Å². The van der Waals surface area contributed by atoms with Gasteiger partial charge in [-0.2, -0.15) is 0 Å². The summed E-state index contributed by atoms with van der Waals surface area (Å²) in [6.07, 6.45) is 4.77. The van der Waals surface area contributed by atoms with E-state index in [1.54, 1.807) is 0 Å². The third-order valence-electron chi connectivity index (χ3n) is 2.61. The van der Waals surface area contributed by atoms with Crippen LogP contribution in [0.1, 0.15) is 32.6 Å². The Hall–Kier alpha value is 0.0200. The monoisotopic (exact) mass is 217 g/mol. The highest BCUT2D eigenvalue weighted by molar-refractivity contribution is 7.48. The third-order valence-corrected chi connectivity index (χ3v) is 3.44. The van der Waals surface area contributed by atoms with Gasteiger partial charge < -0.3 is 13.8 Å². The van der Waals surface area contributed by atoms with Crippen molar-refractivity contribution < 1.29 is 13.8 Å². The fraction of sp³-hybridized carbons (Fsp3) is 0.800. The molecule has 1 radical (unpaired) electrons. The average Bonchev–Trinajstić information content (AvgIpc) is 2.20. The number of carbonyl (C=O) groups excluding carboxylic acids is 1. The minimum Gasteiger partial charge on any atom is -0.333 e. The van der Waals surface area contributed by atoms with E-state index in [2.05, 4.69) is 13.6 Å². The maximum Gasteiger partial charge on any atom is 0.171 e. The molecule has 0 aromatic rings. The van der Waals surface area contributed by atoms with Crippen molar-refractivity contribution in [1.29, 1.82) is 0 Å². The summed E-state index contributed by atoms with van der Waals surface area (Å²) in [5, 5.41) is 0. The standard InChI is InChI=1S/C10H18O3P/c1-3-4-5-10(6-7-11)8-12-14(2)13-9-10/h7H,2-6,8-9H2,1H3. The van der Waals surface area contributed by atoms with E-state index in [0.29, 0.717) is 19.6 Å². The van der Waals surface area contributed by atoms with Crippen molar-refractivity contribution in [2.45, 2.75) is 32.6 Å². The molecule has 0 bridgehead atoms. The molecule has 0 aliphatic carbocycles. The lowest BCUT2D eigenvalue weighted by Crippen LogP contribution is -2.34. The van der Waals surface area contributed by atoms with Crippen LogP contribution in [0, 0.1) is 12.1 Å². The van der Waals surface area contributed by atoms with E-state index in [1.165, 1.54) is 0 Å². The SMILES string of the molecule is [CH2]P1OCC(CC=O)(CCCC)CO1. The first-order valence-electron chi connectivity index (χ1n) is 5.02. The largest absolute Gasteiger partial charge is 0.333 e. The van der Waals surface area contributed by atoms with Crippen LogP contribution in [0.2, 0.25) is 0 Å². The summed E-state index contributed by atoms with van der Waals surface area (Å²) in [6, 6.07) is 0. The number of carbonyl (C=O) groups is 1. The molecule has 0 saturated carbocycles. The molecule has 0 spiro atoms. The summed E-state index contributed by atoms with van der Waals surface area (Å²) < 4.78 is 10.8. The molecule has 0 atom stereocenters. The van der Waals surface area contributed by atoms with Gasteiger partial charge in [0, 0.05) is 18.5 Å². The van der Waals surface area contributed by atoms with Gasteiger partial charge in [0.25, 0.3) is 0 Å². The molecule has 4 heteroatoms. The smallest absolute Gasteiger partial charge is 0.171 e. The fourth-order valence-electron chi connectivity index (χ4n) is 1.59. The maximum atomic E-state index is 10.6. The summed E-state index contributed by atoms with van der Waals surface area (Å²) in [5.74, 6) is 0. The molecule has 0 amide bonds. The number of rotatable bonds is 5. The molecule has 3 nitrogen and oxygen atoms in total. The van der Waals surface area contributed by atoms with Crippen LogP contribution in [0.3, 0.4) is 0 Å². The highest BCUT2D eigenvalue weighted by Gasteiger charge is 2.35. The molecule has 0 aromatic heterocycles. The van der Waals surface area contributed by atoms with Crippen molar-refractivity contribution in [3.63, 3.8) is 0 Å². The predicted molar refractivity (Wildman–Crippen MR) is 56.8 cm³/mol. The molecule has 0 unspecified atom stereocenters. The van der Waals surface area contributed by atoms with E-state index in [-0.39, 0.29) is 5.41 Å². The number of hydrogen-bond donors (Lipinski definition) is 0. The average molecular weight is 217 g/mol. The van der Waals surface area contributed by atoms with Gasteiger partial charge in [-0.3, -0.25) is 0 Å². The van der Waals surface area contributed by atoms with Crippen molar-refractivity contribution >= 4 is 14.7 Å². The molecule has 1 rings (SSSR count). The predicted octanol–water partition coefficient (Wildman–Crippen LogP) is 2.90. The molecular formula is C10H18O3P. The van der Waals surface area contributed by atoms with E-state index < -0.39 is 8.38 Å². The van der Waals surface area contributed by atoms with Gasteiger partial charge in [0.15, 0.2) is 8.38 Å². The topological polar surface area (TPSA) is 35.5 Å². The van der Waals surface area contributed by atoms with Crippen LogP contribution in [0.5, 0.6) is 0 Å². The minimum atomic E-state index is -0.942. The Bertz CT molecular complexity index is 171. The zero-order chi connectivity index (χ0) is 10.4. The van der Waals surface area contributed by atoms with Crippen LogP contribution in [-0.2, 0) is 13.8 Å². The first-order chi connectivity index (χ1) is 6.72. The fourth-order valence-corrected chi connectivity index (χ4v) is 2.50. The first-order valence-corrected chi connectivity index (χ1v) is 6.39. The highest BCUT2D eigenvalue weighted by Crippen LogP contribution is 2.47. The molecule has 1 aliphatic rings. The van der Waals surface area contributed by atoms with E-state index in [9.17, 15) is 4.79 Å². The van der Waals surface area contributed by atoms with Crippen molar-refractivity contribution in [3.8, 4) is 0 Å². The molecule has 1 heterocycles. The molecule has 1 fully saturated rings. The highest BCUT2D eigenvalue weighted by atomic mass is 31.2. The van der Waals surface area contributed by atoms with Gasteiger partial charge in [0.1, 0.15) is 6.29 Å². The van der Waals surface area contributed by atoms with Crippen LogP contribution < -0.4 is 0 Å². The lowest BCUT2D eigenvalue weighted by Gasteiger charge is -2.37. The molecule has 1 aliphatic heterocycles. The van der Waals surface area contributed by atoms with Crippen molar-refractivity contribution in [1.82, 2.24) is 0 Å². The lowest BCUT2D eigenvalue weighted by atomic mass is 9.82. The molecule has 81 valence electrons. The molecule has 0 aromatic carbocycles. The molecular weight excluding hydrogens is 199 g/mol. The quantitative estimate of drug-likeness (QED) is 0.524. The number of hydrogen-bond acceptors (Lipinski definition) is 3. The number of aldehydes is 1. The van der Waals surface area contributed by atoms with Crippen LogP contribution in [0.15, 0.2) is 0 Å². The van der Waals surface area contributed by atoms with Gasteiger partial charge in [0.2, 0.25) is 0 Å². The molecule has 0 N–H and O–H groups in total. The lowest BCUT2D eigenvalue weighted by molar-refractivity contribution is -0.112. The van der Waals surface area contributed by atoms with Crippen LogP contribution in [0.4, 0.5) is 0 Å². The summed E-state index contributed by atoms with van der Waals surface area (Å²) in [7, 11) is -0.942. The Morgan fingerprint density at radius 2 is 2.14 bits per heavy atom. The van der Waals surface area contributed by atoms with Crippen LogP contribution >= 0.6 is 8.38 Å². The maximum absolute atomic E-state index is 10.6. The van der Waals surface area contributed by atoms with Gasteiger partial charge in [-0.1, -0.05) is 19.8 Å². The Morgan fingerprint density at radius 3 is 2.64 bits per heavy atom. The summed E-state index contributed by atoms with van der Waals surface area (Å²) in [5.41, 5.74) is -0.0751. The summed E-state index contributed by atoms with van der Waals surface area (Å²) in [6.45, 7) is 7.13. The van der Waals surface area contributed by atoms with Gasteiger partial charge in [-0.15, -0.1) is 0 Å². The van der Waals surface area contributed by atoms with Gasteiger partial charge in [-0.05, 0) is 6.42 Å². The van der Waals surface area contributed by atoms with Gasteiger partial charge in [0.05, 0.1) is 13.2 Å².